The smallest absolute Gasteiger partial charge is 0.129 e. The quantitative estimate of drug-likeness (QED) is 0.645. The van der Waals surface area contributed by atoms with Crippen molar-refractivity contribution in [2.75, 3.05) is 46.3 Å². The van der Waals surface area contributed by atoms with Crippen LogP contribution in [0.3, 0.4) is 0 Å². The normalized spacial score (nSPS) is 42.0. The van der Waals surface area contributed by atoms with Crippen molar-refractivity contribution in [3.63, 3.8) is 0 Å². The van der Waals surface area contributed by atoms with Gasteiger partial charge in [0.2, 0.25) is 0 Å². The molecule has 0 aliphatic carbocycles. The fourth-order valence-corrected chi connectivity index (χ4v) is 4.07. The van der Waals surface area contributed by atoms with Crippen molar-refractivity contribution in [2.45, 2.75) is 45.6 Å². The monoisotopic (exact) mass is 226 g/mol. The van der Waals surface area contributed by atoms with Crippen molar-refractivity contribution in [2.24, 2.45) is 0 Å². The van der Waals surface area contributed by atoms with E-state index in [9.17, 15) is 0 Å². The molecule has 1 unspecified atom stereocenters. The molecule has 0 radical (unpaired) electrons. The first kappa shape index (κ1) is 12.4. The number of quaternary nitrogens is 2. The molecule has 0 aromatic carbocycles. The highest BCUT2D eigenvalue weighted by Gasteiger charge is 2.54. The Morgan fingerprint density at radius 1 is 0.938 bits per heavy atom. The Morgan fingerprint density at radius 2 is 1.44 bits per heavy atom. The van der Waals surface area contributed by atoms with Crippen LogP contribution >= 0.6 is 0 Å². The predicted octanol–water partition coefficient (Wildman–Crippen LogP) is 2.25. The maximum atomic E-state index is 2.55. The summed E-state index contributed by atoms with van der Waals surface area (Å²) in [5, 5.41) is 0. The van der Waals surface area contributed by atoms with Gasteiger partial charge in [-0.15, -0.1) is 0 Å². The molecule has 0 amide bonds. The van der Waals surface area contributed by atoms with E-state index in [0.717, 1.165) is 0 Å². The molecule has 2 nitrogen and oxygen atoms in total. The highest BCUT2D eigenvalue weighted by Crippen LogP contribution is 2.38. The van der Waals surface area contributed by atoms with E-state index < -0.39 is 0 Å². The first-order valence-corrected chi connectivity index (χ1v) is 7.19. The standard InChI is InChI=1S/C14H30N2/c1-5-7-14(3,6-2)16-11-8-15(4,9-12-16)10-13-16/h5-13H2,1-4H3/q+2. The SMILES string of the molecule is CCCC(C)(CC)[N+]12CC[N+](C)(CC1)CC2. The van der Waals surface area contributed by atoms with Gasteiger partial charge in [-0.05, 0) is 13.3 Å². The lowest BCUT2D eigenvalue weighted by molar-refractivity contribution is -1.09. The molecule has 0 spiro atoms. The van der Waals surface area contributed by atoms with Gasteiger partial charge in [-0.25, -0.2) is 0 Å². The Morgan fingerprint density at radius 3 is 1.81 bits per heavy atom. The average Bonchev–Trinajstić information content (AvgIpc) is 2.30. The molecule has 16 heavy (non-hydrogen) atoms. The highest BCUT2D eigenvalue weighted by atomic mass is 15.5. The molecule has 94 valence electrons. The number of rotatable bonds is 4. The number of likely N-dealkylation sites (N-methyl/N-ethyl adjacent to an activating group) is 1. The zero-order valence-electron chi connectivity index (χ0n) is 11.8. The van der Waals surface area contributed by atoms with E-state index in [2.05, 4.69) is 27.8 Å². The van der Waals surface area contributed by atoms with Crippen molar-refractivity contribution >= 4 is 0 Å². The van der Waals surface area contributed by atoms with E-state index in [-0.39, 0.29) is 0 Å². The molecule has 3 rings (SSSR count). The predicted molar refractivity (Wildman–Crippen MR) is 69.3 cm³/mol. The minimum Gasteiger partial charge on any atom is -0.312 e. The van der Waals surface area contributed by atoms with Crippen LogP contribution in [0.25, 0.3) is 0 Å². The minimum absolute atomic E-state index is 0.556. The van der Waals surface area contributed by atoms with Crippen LogP contribution in [0.2, 0.25) is 0 Å². The molecule has 1 atom stereocenters. The second-order valence-electron chi connectivity index (χ2n) is 6.71. The van der Waals surface area contributed by atoms with Gasteiger partial charge >= 0.3 is 0 Å². The summed E-state index contributed by atoms with van der Waals surface area (Å²) in [4.78, 5) is 0. The first-order valence-electron chi connectivity index (χ1n) is 7.19. The molecule has 2 heteroatoms. The molecule has 3 aliphatic rings. The van der Waals surface area contributed by atoms with E-state index in [1.54, 1.807) is 0 Å². The first-order chi connectivity index (χ1) is 7.49. The van der Waals surface area contributed by atoms with E-state index in [1.807, 2.05) is 0 Å². The van der Waals surface area contributed by atoms with Crippen molar-refractivity contribution < 1.29 is 8.97 Å². The second-order valence-corrected chi connectivity index (χ2v) is 6.71. The van der Waals surface area contributed by atoms with E-state index in [0.29, 0.717) is 5.54 Å². The molecule has 3 aliphatic heterocycles. The second kappa shape index (κ2) is 3.99. The Bertz CT molecular complexity index is 237. The number of nitrogens with zero attached hydrogens (tertiary/aromatic N) is 2. The molecule has 3 saturated heterocycles. The van der Waals surface area contributed by atoms with Crippen LogP contribution in [0.4, 0.5) is 0 Å². The topological polar surface area (TPSA) is 0 Å². The summed E-state index contributed by atoms with van der Waals surface area (Å²) in [6.07, 6.45) is 4.11. The zero-order valence-corrected chi connectivity index (χ0v) is 11.8. The van der Waals surface area contributed by atoms with Crippen molar-refractivity contribution in [1.82, 2.24) is 0 Å². The Labute approximate surface area is 101 Å². The van der Waals surface area contributed by atoms with Gasteiger partial charge in [-0.3, -0.25) is 0 Å². The van der Waals surface area contributed by atoms with Crippen LogP contribution in [0.1, 0.15) is 40.0 Å². The van der Waals surface area contributed by atoms with Gasteiger partial charge in [0.1, 0.15) is 39.3 Å². The summed E-state index contributed by atoms with van der Waals surface area (Å²) in [5.74, 6) is 0. The minimum atomic E-state index is 0.556. The summed E-state index contributed by atoms with van der Waals surface area (Å²) in [7, 11) is 2.45. The third kappa shape index (κ3) is 1.70. The number of hydrogen-bond donors (Lipinski definition) is 0. The molecule has 3 fully saturated rings. The van der Waals surface area contributed by atoms with Crippen LogP contribution in [-0.4, -0.2) is 60.8 Å². The third-order valence-electron chi connectivity index (χ3n) is 5.90. The molecular weight excluding hydrogens is 196 g/mol. The fourth-order valence-electron chi connectivity index (χ4n) is 4.07. The number of fused-ring (bicyclic) bond motifs is 3. The number of hydrogen-bond acceptors (Lipinski definition) is 0. The summed E-state index contributed by atoms with van der Waals surface area (Å²) in [5.41, 5.74) is 0.556. The van der Waals surface area contributed by atoms with Crippen molar-refractivity contribution in [3.05, 3.63) is 0 Å². The molecule has 0 N–H and O–H groups in total. The fraction of sp³-hybridized carbons (Fsp3) is 1.00. The van der Waals surface area contributed by atoms with Gasteiger partial charge in [0.15, 0.2) is 0 Å². The zero-order chi connectivity index (χ0) is 11.9. The maximum Gasteiger partial charge on any atom is 0.129 e. The van der Waals surface area contributed by atoms with Crippen LogP contribution in [0, 0.1) is 0 Å². The van der Waals surface area contributed by atoms with Crippen molar-refractivity contribution in [1.29, 1.82) is 0 Å². The van der Waals surface area contributed by atoms with Crippen molar-refractivity contribution in [3.8, 4) is 0 Å². The van der Waals surface area contributed by atoms with E-state index in [1.165, 1.54) is 67.5 Å². The van der Waals surface area contributed by atoms with Gasteiger partial charge in [0.05, 0.1) is 12.6 Å². The van der Waals surface area contributed by atoms with Gasteiger partial charge < -0.3 is 8.97 Å². The summed E-state index contributed by atoms with van der Waals surface area (Å²) < 4.78 is 2.79. The van der Waals surface area contributed by atoms with Gasteiger partial charge in [-0.1, -0.05) is 20.3 Å². The lowest BCUT2D eigenvalue weighted by Crippen LogP contribution is -2.79. The molecule has 2 bridgehead atoms. The van der Waals surface area contributed by atoms with Gasteiger partial charge in [0.25, 0.3) is 0 Å². The van der Waals surface area contributed by atoms with Gasteiger partial charge in [-0.2, -0.15) is 0 Å². The van der Waals surface area contributed by atoms with Gasteiger partial charge in [0, 0.05) is 6.42 Å². The third-order valence-corrected chi connectivity index (χ3v) is 5.90. The van der Waals surface area contributed by atoms with Crippen LogP contribution in [0.5, 0.6) is 0 Å². The van der Waals surface area contributed by atoms with E-state index >= 15 is 0 Å². The number of piperazine rings is 3. The van der Waals surface area contributed by atoms with Crippen LogP contribution < -0.4 is 0 Å². The highest BCUT2D eigenvalue weighted by molar-refractivity contribution is 4.78. The Hall–Kier alpha value is -0.0800. The average molecular weight is 226 g/mol. The Balaban J connectivity index is 2.19. The largest absolute Gasteiger partial charge is 0.312 e. The molecule has 0 aromatic rings. The van der Waals surface area contributed by atoms with E-state index in [4.69, 9.17) is 0 Å². The van der Waals surface area contributed by atoms with Crippen LogP contribution in [0.15, 0.2) is 0 Å². The summed E-state index contributed by atoms with van der Waals surface area (Å²) >= 11 is 0. The lowest BCUT2D eigenvalue weighted by Gasteiger charge is -2.61. The summed E-state index contributed by atoms with van der Waals surface area (Å²) in [6, 6.07) is 0. The molecule has 0 saturated carbocycles. The summed E-state index contributed by atoms with van der Waals surface area (Å²) in [6.45, 7) is 15.8. The molecular formula is C14H30N2+2. The van der Waals surface area contributed by atoms with Crippen LogP contribution in [-0.2, 0) is 0 Å². The lowest BCUT2D eigenvalue weighted by atomic mass is 9.85. The Kier molecular flexibility index (Phi) is 3.09. The molecule has 0 aromatic heterocycles. The molecule has 3 heterocycles. The maximum absolute atomic E-state index is 2.55.